The monoisotopic (exact) mass is 273 g/mol. The summed E-state index contributed by atoms with van der Waals surface area (Å²) in [4.78, 5) is 14.0. The van der Waals surface area contributed by atoms with E-state index >= 15 is 0 Å². The maximum atomic E-state index is 12.3. The third-order valence-electron chi connectivity index (χ3n) is 3.38. The summed E-state index contributed by atoms with van der Waals surface area (Å²) in [6.45, 7) is 5.05. The van der Waals surface area contributed by atoms with Crippen molar-refractivity contribution in [2.45, 2.75) is 45.7 Å². The van der Waals surface area contributed by atoms with E-state index in [0.717, 1.165) is 18.4 Å². The van der Waals surface area contributed by atoms with Gasteiger partial charge in [-0.2, -0.15) is 5.26 Å². The Labute approximate surface area is 121 Å². The fourth-order valence-corrected chi connectivity index (χ4v) is 2.10. The first-order chi connectivity index (χ1) is 9.63. The molecule has 1 amide bonds. The van der Waals surface area contributed by atoms with Crippen LogP contribution in [0.4, 0.5) is 0 Å². The van der Waals surface area contributed by atoms with Crippen molar-refractivity contribution >= 4 is 5.91 Å². The highest BCUT2D eigenvalue weighted by Crippen LogP contribution is 2.12. The zero-order chi connectivity index (χ0) is 15.0. The summed E-state index contributed by atoms with van der Waals surface area (Å²) in [5.41, 5.74) is 7.43. The van der Waals surface area contributed by atoms with Gasteiger partial charge in [0.1, 0.15) is 0 Å². The standard InChI is InChI=1S/C16H23N3O/c1-3-5-10-15(18)16(20)19(4-2)12-14-9-7-6-8-13(14)11-17/h6-9,15H,3-5,10,12,18H2,1-2H3. The second-order valence-electron chi connectivity index (χ2n) is 4.87. The molecule has 4 heteroatoms. The van der Waals surface area contributed by atoms with E-state index in [4.69, 9.17) is 11.0 Å². The predicted molar refractivity (Wildman–Crippen MR) is 79.7 cm³/mol. The van der Waals surface area contributed by atoms with Gasteiger partial charge in [-0.1, -0.05) is 38.0 Å². The molecule has 0 aromatic heterocycles. The Bertz CT molecular complexity index is 479. The van der Waals surface area contributed by atoms with Crippen LogP contribution in [0.5, 0.6) is 0 Å². The van der Waals surface area contributed by atoms with Gasteiger partial charge in [0.15, 0.2) is 0 Å². The molecule has 0 fully saturated rings. The second kappa shape index (κ2) is 8.34. The fourth-order valence-electron chi connectivity index (χ4n) is 2.10. The molecule has 108 valence electrons. The molecule has 0 saturated carbocycles. The summed E-state index contributed by atoms with van der Waals surface area (Å²) in [6.07, 6.45) is 2.70. The van der Waals surface area contributed by atoms with E-state index in [9.17, 15) is 4.79 Å². The number of benzene rings is 1. The molecule has 0 aliphatic rings. The van der Waals surface area contributed by atoms with Crippen molar-refractivity contribution < 1.29 is 4.79 Å². The van der Waals surface area contributed by atoms with Gasteiger partial charge in [0.05, 0.1) is 17.7 Å². The van der Waals surface area contributed by atoms with Gasteiger partial charge in [-0.3, -0.25) is 4.79 Å². The summed E-state index contributed by atoms with van der Waals surface area (Å²) in [5.74, 6) is -0.0336. The number of nitriles is 1. The lowest BCUT2D eigenvalue weighted by Crippen LogP contribution is -2.43. The Morgan fingerprint density at radius 3 is 2.70 bits per heavy atom. The number of carbonyl (C=O) groups is 1. The van der Waals surface area contributed by atoms with Crippen LogP contribution >= 0.6 is 0 Å². The maximum Gasteiger partial charge on any atom is 0.239 e. The van der Waals surface area contributed by atoms with E-state index in [1.807, 2.05) is 25.1 Å². The molecule has 20 heavy (non-hydrogen) atoms. The highest BCUT2D eigenvalue weighted by atomic mass is 16.2. The first kappa shape index (κ1) is 16.2. The number of hydrogen-bond donors (Lipinski definition) is 1. The molecule has 1 aromatic rings. The Kier molecular flexibility index (Phi) is 6.75. The van der Waals surface area contributed by atoms with Gasteiger partial charge in [-0.05, 0) is 25.0 Å². The molecule has 2 N–H and O–H groups in total. The van der Waals surface area contributed by atoms with Crippen molar-refractivity contribution in [1.29, 1.82) is 5.26 Å². The third-order valence-corrected chi connectivity index (χ3v) is 3.38. The minimum Gasteiger partial charge on any atom is -0.337 e. The van der Waals surface area contributed by atoms with Crippen molar-refractivity contribution in [2.75, 3.05) is 6.54 Å². The predicted octanol–water partition coefficient (Wildman–Crippen LogP) is 2.42. The average molecular weight is 273 g/mol. The molecule has 0 saturated heterocycles. The van der Waals surface area contributed by atoms with Crippen LogP contribution in [-0.4, -0.2) is 23.4 Å². The van der Waals surface area contributed by atoms with Crippen LogP contribution in [0.1, 0.15) is 44.2 Å². The van der Waals surface area contributed by atoms with Crippen LogP contribution in [0.25, 0.3) is 0 Å². The lowest BCUT2D eigenvalue weighted by atomic mass is 10.1. The van der Waals surface area contributed by atoms with E-state index in [-0.39, 0.29) is 5.91 Å². The van der Waals surface area contributed by atoms with Crippen molar-refractivity contribution in [1.82, 2.24) is 4.90 Å². The third kappa shape index (κ3) is 4.36. The molecule has 4 nitrogen and oxygen atoms in total. The highest BCUT2D eigenvalue weighted by molar-refractivity contribution is 5.81. The van der Waals surface area contributed by atoms with E-state index in [1.54, 1.807) is 11.0 Å². The van der Waals surface area contributed by atoms with Crippen molar-refractivity contribution in [3.63, 3.8) is 0 Å². The molecule has 0 bridgehead atoms. The van der Waals surface area contributed by atoms with Crippen LogP contribution in [0.3, 0.4) is 0 Å². The zero-order valence-electron chi connectivity index (χ0n) is 12.3. The number of nitrogens with zero attached hydrogens (tertiary/aromatic N) is 2. The molecule has 0 radical (unpaired) electrons. The Morgan fingerprint density at radius 1 is 1.40 bits per heavy atom. The molecule has 1 aromatic carbocycles. The molecular formula is C16H23N3O. The van der Waals surface area contributed by atoms with Gasteiger partial charge < -0.3 is 10.6 Å². The van der Waals surface area contributed by atoms with Gasteiger partial charge in [-0.25, -0.2) is 0 Å². The lowest BCUT2D eigenvalue weighted by Gasteiger charge is -2.24. The van der Waals surface area contributed by atoms with Crippen LogP contribution in [-0.2, 0) is 11.3 Å². The molecule has 1 rings (SSSR count). The number of likely N-dealkylation sites (N-methyl/N-ethyl adjacent to an activating group) is 1. The number of hydrogen-bond acceptors (Lipinski definition) is 3. The maximum absolute atomic E-state index is 12.3. The van der Waals surface area contributed by atoms with Gasteiger partial charge in [0.25, 0.3) is 0 Å². The Hall–Kier alpha value is -1.86. The molecule has 0 heterocycles. The summed E-state index contributed by atoms with van der Waals surface area (Å²) in [6, 6.07) is 9.07. The summed E-state index contributed by atoms with van der Waals surface area (Å²) >= 11 is 0. The number of amides is 1. The van der Waals surface area contributed by atoms with Crippen LogP contribution in [0.15, 0.2) is 24.3 Å². The lowest BCUT2D eigenvalue weighted by molar-refractivity contribution is -0.133. The van der Waals surface area contributed by atoms with Gasteiger partial charge >= 0.3 is 0 Å². The Morgan fingerprint density at radius 2 is 2.10 bits per heavy atom. The molecule has 0 aliphatic carbocycles. The minimum absolute atomic E-state index is 0.0336. The van der Waals surface area contributed by atoms with Crippen molar-refractivity contribution in [2.24, 2.45) is 5.73 Å². The number of carbonyl (C=O) groups excluding carboxylic acids is 1. The normalized spacial score (nSPS) is 11.7. The van der Waals surface area contributed by atoms with Gasteiger partial charge in [0, 0.05) is 13.1 Å². The van der Waals surface area contributed by atoms with Crippen LogP contribution < -0.4 is 5.73 Å². The molecule has 1 atom stereocenters. The van der Waals surface area contributed by atoms with E-state index in [1.165, 1.54) is 0 Å². The van der Waals surface area contributed by atoms with Gasteiger partial charge in [0.2, 0.25) is 5.91 Å². The highest BCUT2D eigenvalue weighted by Gasteiger charge is 2.20. The van der Waals surface area contributed by atoms with Crippen LogP contribution in [0.2, 0.25) is 0 Å². The molecule has 0 aliphatic heterocycles. The fraction of sp³-hybridized carbons (Fsp3) is 0.500. The second-order valence-corrected chi connectivity index (χ2v) is 4.87. The number of unbranched alkanes of at least 4 members (excludes halogenated alkanes) is 1. The Balaban J connectivity index is 2.76. The largest absolute Gasteiger partial charge is 0.337 e. The topological polar surface area (TPSA) is 70.1 Å². The summed E-state index contributed by atoms with van der Waals surface area (Å²) in [7, 11) is 0. The van der Waals surface area contributed by atoms with Gasteiger partial charge in [-0.15, -0.1) is 0 Å². The number of rotatable bonds is 7. The molecule has 1 unspecified atom stereocenters. The first-order valence-electron chi connectivity index (χ1n) is 7.16. The summed E-state index contributed by atoms with van der Waals surface area (Å²) < 4.78 is 0. The van der Waals surface area contributed by atoms with Crippen LogP contribution in [0, 0.1) is 11.3 Å². The minimum atomic E-state index is -0.441. The molecule has 0 spiro atoms. The van der Waals surface area contributed by atoms with E-state index < -0.39 is 6.04 Å². The zero-order valence-corrected chi connectivity index (χ0v) is 12.3. The first-order valence-corrected chi connectivity index (χ1v) is 7.16. The average Bonchev–Trinajstić information content (AvgIpc) is 2.49. The summed E-state index contributed by atoms with van der Waals surface area (Å²) in [5, 5.41) is 9.09. The quantitative estimate of drug-likeness (QED) is 0.829. The smallest absolute Gasteiger partial charge is 0.239 e. The van der Waals surface area contributed by atoms with Crippen molar-refractivity contribution in [3.05, 3.63) is 35.4 Å². The van der Waals surface area contributed by atoms with Crippen molar-refractivity contribution in [3.8, 4) is 6.07 Å². The SMILES string of the molecule is CCCCC(N)C(=O)N(CC)Cc1ccccc1C#N. The van der Waals surface area contributed by atoms with E-state index in [2.05, 4.69) is 13.0 Å². The van der Waals surface area contributed by atoms with E-state index in [0.29, 0.717) is 25.1 Å². The number of nitrogens with two attached hydrogens (primary N) is 1. The molecular weight excluding hydrogens is 250 g/mol.